The lowest BCUT2D eigenvalue weighted by atomic mass is 9.79. The Balaban J connectivity index is 3.08. The normalized spacial score (nSPS) is 11.3. The molecule has 0 unspecified atom stereocenters. The highest BCUT2D eigenvalue weighted by atomic mass is 19.1. The van der Waals surface area contributed by atoms with Gasteiger partial charge in [-0.2, -0.15) is 0 Å². The van der Waals surface area contributed by atoms with Gasteiger partial charge in [0.1, 0.15) is 17.2 Å². The predicted octanol–water partition coefficient (Wildman–Crippen LogP) is 0.683. The zero-order valence-corrected chi connectivity index (χ0v) is 8.99. The van der Waals surface area contributed by atoms with Gasteiger partial charge in [0.15, 0.2) is 0 Å². The Morgan fingerprint density at radius 3 is 2.33 bits per heavy atom. The van der Waals surface area contributed by atoms with Gasteiger partial charge < -0.3 is 14.8 Å². The molecule has 0 bridgehead atoms. The molecule has 0 spiro atoms. The van der Waals surface area contributed by atoms with Crippen molar-refractivity contribution in [2.24, 2.45) is 0 Å². The Kier molecular flexibility index (Phi) is 3.37. The number of hydrogen-bond donors (Lipinski definition) is 2. The first kappa shape index (κ1) is 12.0. The third-order valence-electron chi connectivity index (χ3n) is 1.67. The van der Waals surface area contributed by atoms with Crippen LogP contribution < -0.4 is 10.2 Å². The van der Waals surface area contributed by atoms with E-state index in [0.717, 1.165) is 12.1 Å². The van der Waals surface area contributed by atoms with Crippen molar-refractivity contribution >= 4 is 12.6 Å². The molecule has 2 N–H and O–H groups in total. The summed E-state index contributed by atoms with van der Waals surface area (Å²) in [6, 6.07) is 3.59. The molecule has 0 aromatic heterocycles. The molecule has 0 saturated carbocycles. The Hall–Kier alpha value is -1.07. The molecule has 0 heterocycles. The quantitative estimate of drug-likeness (QED) is 0.708. The number of rotatable bonds is 2. The largest absolute Gasteiger partial charge is 0.492 e. The second kappa shape index (κ2) is 4.20. The van der Waals surface area contributed by atoms with Crippen molar-refractivity contribution in [3.05, 3.63) is 24.0 Å². The monoisotopic (exact) mass is 212 g/mol. The average molecular weight is 212 g/mol. The van der Waals surface area contributed by atoms with Crippen LogP contribution in [0.3, 0.4) is 0 Å². The molecule has 0 aliphatic heterocycles. The second-order valence-corrected chi connectivity index (χ2v) is 4.27. The van der Waals surface area contributed by atoms with Crippen molar-refractivity contribution in [1.82, 2.24) is 0 Å². The van der Waals surface area contributed by atoms with E-state index in [1.165, 1.54) is 6.07 Å². The molecule has 0 aliphatic rings. The zero-order valence-electron chi connectivity index (χ0n) is 8.99. The van der Waals surface area contributed by atoms with E-state index >= 15 is 0 Å². The highest BCUT2D eigenvalue weighted by Crippen LogP contribution is 2.17. The Bertz CT molecular complexity index is 347. The molecular weight excluding hydrogens is 198 g/mol. The van der Waals surface area contributed by atoms with Gasteiger partial charge in [-0.25, -0.2) is 4.39 Å². The Morgan fingerprint density at radius 2 is 1.87 bits per heavy atom. The number of benzene rings is 1. The minimum Gasteiger partial charge on any atom is -0.488 e. The van der Waals surface area contributed by atoms with Gasteiger partial charge in [-0.1, -0.05) is 6.07 Å². The summed E-state index contributed by atoms with van der Waals surface area (Å²) in [7, 11) is -1.66. The lowest BCUT2D eigenvalue weighted by molar-refractivity contribution is 0.131. The van der Waals surface area contributed by atoms with Gasteiger partial charge in [-0.05, 0) is 26.8 Å². The van der Waals surface area contributed by atoms with Crippen molar-refractivity contribution < 1.29 is 19.2 Å². The summed E-state index contributed by atoms with van der Waals surface area (Å²) in [6.07, 6.45) is 0. The Morgan fingerprint density at radius 1 is 1.27 bits per heavy atom. The van der Waals surface area contributed by atoms with E-state index in [1.54, 1.807) is 20.8 Å². The van der Waals surface area contributed by atoms with E-state index in [-0.39, 0.29) is 11.2 Å². The summed E-state index contributed by atoms with van der Waals surface area (Å²) in [5.41, 5.74) is -0.358. The number of ether oxygens (including phenoxy) is 1. The van der Waals surface area contributed by atoms with Crippen LogP contribution in [0, 0.1) is 5.82 Å². The molecule has 0 saturated heterocycles. The van der Waals surface area contributed by atoms with E-state index in [0.29, 0.717) is 0 Å². The molecule has 1 aromatic carbocycles. The van der Waals surface area contributed by atoms with E-state index in [9.17, 15) is 4.39 Å². The highest BCUT2D eigenvalue weighted by Gasteiger charge is 2.21. The fourth-order valence-electron chi connectivity index (χ4n) is 1.14. The van der Waals surface area contributed by atoms with Crippen LogP contribution in [-0.4, -0.2) is 22.8 Å². The van der Waals surface area contributed by atoms with Crippen LogP contribution in [0.25, 0.3) is 0 Å². The second-order valence-electron chi connectivity index (χ2n) is 4.27. The zero-order chi connectivity index (χ0) is 11.6. The van der Waals surface area contributed by atoms with Crippen LogP contribution in [0.15, 0.2) is 18.2 Å². The van der Waals surface area contributed by atoms with Gasteiger partial charge >= 0.3 is 7.12 Å². The summed E-state index contributed by atoms with van der Waals surface area (Å²) in [5, 5.41) is 18.1. The molecule has 0 atom stereocenters. The molecule has 1 rings (SSSR count). The fraction of sp³-hybridized carbons (Fsp3) is 0.400. The number of halogens is 1. The third-order valence-corrected chi connectivity index (χ3v) is 1.67. The van der Waals surface area contributed by atoms with E-state index in [1.807, 2.05) is 0 Å². The van der Waals surface area contributed by atoms with Crippen molar-refractivity contribution in [3.8, 4) is 5.75 Å². The van der Waals surface area contributed by atoms with Gasteiger partial charge in [-0.15, -0.1) is 0 Å². The first-order valence-electron chi connectivity index (χ1n) is 4.64. The Labute approximate surface area is 88.7 Å². The third kappa shape index (κ3) is 3.53. The van der Waals surface area contributed by atoms with Crippen molar-refractivity contribution in [3.63, 3.8) is 0 Å². The van der Waals surface area contributed by atoms with Crippen LogP contribution in [0.4, 0.5) is 4.39 Å². The van der Waals surface area contributed by atoms with Gasteiger partial charge in [0, 0.05) is 11.5 Å². The SMILES string of the molecule is CC(C)(C)Oc1cc(F)ccc1B(O)O. The average Bonchev–Trinajstić information content (AvgIpc) is 1.99. The van der Waals surface area contributed by atoms with E-state index in [2.05, 4.69) is 0 Å². The van der Waals surface area contributed by atoms with E-state index in [4.69, 9.17) is 14.8 Å². The maximum Gasteiger partial charge on any atom is 0.492 e. The fourth-order valence-corrected chi connectivity index (χ4v) is 1.14. The molecule has 0 amide bonds. The molecule has 3 nitrogen and oxygen atoms in total. The molecule has 0 radical (unpaired) electrons. The summed E-state index contributed by atoms with van der Waals surface area (Å²) in [4.78, 5) is 0. The highest BCUT2D eigenvalue weighted by molar-refractivity contribution is 6.59. The van der Waals surface area contributed by atoms with Crippen molar-refractivity contribution in [1.29, 1.82) is 0 Å². The summed E-state index contributed by atoms with van der Waals surface area (Å²) < 4.78 is 18.4. The van der Waals surface area contributed by atoms with Gasteiger partial charge in [-0.3, -0.25) is 0 Å². The topological polar surface area (TPSA) is 49.7 Å². The van der Waals surface area contributed by atoms with Crippen molar-refractivity contribution in [2.75, 3.05) is 0 Å². The van der Waals surface area contributed by atoms with Crippen LogP contribution in [-0.2, 0) is 0 Å². The summed E-state index contributed by atoms with van der Waals surface area (Å²) in [6.45, 7) is 5.39. The number of hydrogen-bond acceptors (Lipinski definition) is 3. The van der Waals surface area contributed by atoms with Crippen LogP contribution in [0.1, 0.15) is 20.8 Å². The minimum atomic E-state index is -1.66. The molecule has 0 aliphatic carbocycles. The van der Waals surface area contributed by atoms with Crippen LogP contribution in [0.2, 0.25) is 0 Å². The molecule has 0 fully saturated rings. The molecule has 1 aromatic rings. The van der Waals surface area contributed by atoms with Crippen molar-refractivity contribution in [2.45, 2.75) is 26.4 Å². The first-order chi connectivity index (χ1) is 6.79. The lowest BCUT2D eigenvalue weighted by Crippen LogP contribution is -2.35. The maximum atomic E-state index is 12.9. The summed E-state index contributed by atoms with van der Waals surface area (Å²) >= 11 is 0. The van der Waals surface area contributed by atoms with Crippen LogP contribution in [0.5, 0.6) is 5.75 Å². The van der Waals surface area contributed by atoms with Crippen LogP contribution >= 0.6 is 0 Å². The smallest absolute Gasteiger partial charge is 0.488 e. The molecular formula is C10H14BFO3. The van der Waals surface area contributed by atoms with Gasteiger partial charge in [0.05, 0.1) is 0 Å². The predicted molar refractivity (Wildman–Crippen MR) is 56.6 cm³/mol. The first-order valence-corrected chi connectivity index (χ1v) is 4.64. The molecule has 15 heavy (non-hydrogen) atoms. The summed E-state index contributed by atoms with van der Waals surface area (Å²) in [5.74, 6) is -0.323. The molecule has 5 heteroatoms. The van der Waals surface area contributed by atoms with Gasteiger partial charge in [0.25, 0.3) is 0 Å². The molecule has 82 valence electrons. The van der Waals surface area contributed by atoms with Gasteiger partial charge in [0.2, 0.25) is 0 Å². The van der Waals surface area contributed by atoms with E-state index < -0.39 is 18.5 Å². The minimum absolute atomic E-state index is 0.150. The standard InChI is InChI=1S/C10H14BFO3/c1-10(2,3)15-9-6-7(12)4-5-8(9)11(13)14/h4-6,13-14H,1-3H3. The maximum absolute atomic E-state index is 12.9. The lowest BCUT2D eigenvalue weighted by Gasteiger charge is -2.23.